The van der Waals surface area contributed by atoms with Crippen LogP contribution in [-0.2, 0) is 24.6 Å². The highest BCUT2D eigenvalue weighted by atomic mass is 31.1. The third-order valence-corrected chi connectivity index (χ3v) is 22.6. The molecule has 8 heteroatoms. The van der Waals surface area contributed by atoms with Gasteiger partial charge in [0.15, 0.2) is 0 Å². The summed E-state index contributed by atoms with van der Waals surface area (Å²) in [6.07, 6.45) is 3.75. The number of hydrogen-bond donors (Lipinski definition) is 0. The predicted molar refractivity (Wildman–Crippen MR) is 326 cm³/mol. The highest BCUT2D eigenvalue weighted by Gasteiger charge is 2.27. The van der Waals surface area contributed by atoms with Crippen molar-refractivity contribution in [3.63, 3.8) is 0 Å². The van der Waals surface area contributed by atoms with Gasteiger partial charge in [-0.2, -0.15) is 0 Å². The first-order chi connectivity index (χ1) is 33.8. The van der Waals surface area contributed by atoms with Gasteiger partial charge in [-0.25, -0.2) is 0 Å². The van der Waals surface area contributed by atoms with E-state index >= 15 is 0 Å². The second-order valence-corrected chi connectivity index (χ2v) is 25.8. The summed E-state index contributed by atoms with van der Waals surface area (Å²) in [6, 6.07) is 105. The van der Waals surface area contributed by atoms with Crippen LogP contribution in [-0.4, -0.2) is 33.7 Å². The molecule has 0 atom stereocenters. The van der Waals surface area contributed by atoms with Gasteiger partial charge in [0.05, 0.1) is 0 Å². The first-order valence-corrected chi connectivity index (χ1v) is 29.6. The fraction of sp³-hybridized carbons (Fsp3) is 0.0625. The Bertz CT molecular complexity index is 2540. The Hall–Kier alpha value is -5.82. The lowest BCUT2D eigenvalue weighted by Crippen LogP contribution is -2.17. The van der Waals surface area contributed by atoms with Gasteiger partial charge in [0, 0.05) is 58.3 Å². The molecule has 0 aliphatic carbocycles. The van der Waals surface area contributed by atoms with Crippen LogP contribution in [0.5, 0.6) is 0 Å². The van der Waals surface area contributed by atoms with E-state index in [0.717, 1.165) is 24.6 Å². The van der Waals surface area contributed by atoms with Crippen LogP contribution in [0.2, 0.25) is 0 Å². The minimum atomic E-state index is -0.738. The van der Waals surface area contributed by atoms with Gasteiger partial charge in [-0.1, -0.05) is 279 Å². The monoisotopic (exact) mass is 990 g/mol. The average Bonchev–Trinajstić information content (AvgIpc) is 3.42. The minimum absolute atomic E-state index is 0. The van der Waals surface area contributed by atoms with Crippen LogP contribution in [0, 0.1) is 0 Å². The zero-order valence-corrected chi connectivity index (χ0v) is 44.1. The van der Waals surface area contributed by atoms with Crippen molar-refractivity contribution in [1.29, 1.82) is 0 Å². The van der Waals surface area contributed by atoms with E-state index in [2.05, 4.69) is 279 Å². The zero-order valence-electron chi connectivity index (χ0n) is 40.5. The fourth-order valence-corrected chi connectivity index (χ4v) is 18.7. The largest absolute Gasteiger partial charge is 0.0622 e. The molecule has 0 unspecified atom stereocenters. The molecule has 0 N–H and O–H groups in total. The topological polar surface area (TPSA) is 0 Å². The minimum Gasteiger partial charge on any atom is -0.0622 e. The van der Waals surface area contributed by atoms with E-state index in [0.29, 0.717) is 0 Å². The Balaban J connectivity index is 0.00000212. The standard InChI is InChI=1S/C64H54P4.4B/c1-9-31-55(32-10-1)65(56-33-11-2-12-34-56)47-51-27-25-28-52(48-66(57-35-13-3-14-36-57)58-37-15-4-16-38-58)63(51)64-53(49-67(59-39-17-5-18-40-59)60-41-19-6-20-42-60)29-26-30-54(64)50-68(61-43-21-7-22-44-61)62-45-23-8-24-46-62;;;;/h1-46H,47-50H2;;;;. The summed E-state index contributed by atoms with van der Waals surface area (Å²) in [5.41, 5.74) is 8.59. The average molecular weight is 990 g/mol. The van der Waals surface area contributed by atoms with Gasteiger partial charge in [0.1, 0.15) is 0 Å². The second-order valence-electron chi connectivity index (χ2n) is 16.9. The molecular weight excluding hydrogens is 936 g/mol. The summed E-state index contributed by atoms with van der Waals surface area (Å²) in [5, 5.41) is 11.2. The van der Waals surface area contributed by atoms with Gasteiger partial charge in [-0.3, -0.25) is 0 Å². The van der Waals surface area contributed by atoms with Crippen LogP contribution in [0.3, 0.4) is 0 Å². The lowest BCUT2D eigenvalue weighted by atomic mass is 9.89. The molecule has 0 aromatic heterocycles. The van der Waals surface area contributed by atoms with E-state index in [4.69, 9.17) is 0 Å². The van der Waals surface area contributed by atoms with Gasteiger partial charge in [-0.05, 0) is 108 Å². The van der Waals surface area contributed by atoms with Crippen molar-refractivity contribution in [3.05, 3.63) is 301 Å². The quantitative estimate of drug-likeness (QED) is 0.0630. The van der Waals surface area contributed by atoms with Crippen molar-refractivity contribution in [3.8, 4) is 11.1 Å². The second kappa shape index (κ2) is 27.9. The lowest BCUT2D eigenvalue weighted by Gasteiger charge is -2.29. The summed E-state index contributed by atoms with van der Waals surface area (Å²) in [4.78, 5) is 0. The van der Waals surface area contributed by atoms with Gasteiger partial charge in [0.25, 0.3) is 0 Å². The summed E-state index contributed by atoms with van der Waals surface area (Å²) in [6.45, 7) is 0. The van der Waals surface area contributed by atoms with E-state index in [1.165, 1.54) is 75.8 Å². The highest BCUT2D eigenvalue weighted by Crippen LogP contribution is 2.51. The van der Waals surface area contributed by atoms with Crippen LogP contribution >= 0.6 is 31.7 Å². The van der Waals surface area contributed by atoms with Crippen molar-refractivity contribution < 1.29 is 0 Å². The summed E-state index contributed by atoms with van der Waals surface area (Å²) >= 11 is 0. The normalized spacial score (nSPS) is 10.8. The van der Waals surface area contributed by atoms with Crippen LogP contribution < -0.4 is 42.4 Å². The summed E-state index contributed by atoms with van der Waals surface area (Å²) in [7, 11) is -2.95. The van der Waals surface area contributed by atoms with E-state index in [1.807, 2.05) is 0 Å². The van der Waals surface area contributed by atoms with Gasteiger partial charge in [-0.15, -0.1) is 0 Å². The molecule has 0 aliphatic rings. The first-order valence-electron chi connectivity index (χ1n) is 23.5. The molecule has 0 heterocycles. The highest BCUT2D eigenvalue weighted by molar-refractivity contribution is 7.73. The molecule has 0 saturated heterocycles. The predicted octanol–water partition coefficient (Wildman–Crippen LogP) is 12.4. The molecule has 0 bridgehead atoms. The van der Waals surface area contributed by atoms with Gasteiger partial charge in [0.2, 0.25) is 0 Å². The van der Waals surface area contributed by atoms with Crippen molar-refractivity contribution in [2.75, 3.05) is 0 Å². The molecule has 342 valence electrons. The maximum absolute atomic E-state index is 2.47. The van der Waals surface area contributed by atoms with E-state index in [1.54, 1.807) is 0 Å². The van der Waals surface area contributed by atoms with Crippen LogP contribution in [0.15, 0.2) is 279 Å². The molecule has 72 heavy (non-hydrogen) atoms. The summed E-state index contributed by atoms with van der Waals surface area (Å²) in [5.74, 6) is 0. The lowest BCUT2D eigenvalue weighted by molar-refractivity contribution is 1.26. The number of hydrogen-bond acceptors (Lipinski definition) is 0. The van der Waals surface area contributed by atoms with Gasteiger partial charge >= 0.3 is 0 Å². The van der Waals surface area contributed by atoms with Gasteiger partial charge < -0.3 is 0 Å². The molecule has 10 aromatic carbocycles. The molecule has 10 aromatic rings. The van der Waals surface area contributed by atoms with E-state index in [9.17, 15) is 0 Å². The Labute approximate surface area is 442 Å². The van der Waals surface area contributed by atoms with Crippen LogP contribution in [0.1, 0.15) is 22.3 Å². The Morgan fingerprint density at radius 1 is 0.167 bits per heavy atom. The number of rotatable bonds is 17. The molecule has 0 amide bonds. The maximum Gasteiger partial charge on any atom is 0.00137 e. The SMILES string of the molecule is [B].[B].[B].[B].c1ccc(P(Cc2cccc(CP(c3ccccc3)c3ccccc3)c2-c2c(CP(c3ccccc3)c3ccccc3)cccc2CP(c2ccccc2)c2ccccc2)c2ccccc2)cc1. The molecule has 0 fully saturated rings. The van der Waals surface area contributed by atoms with E-state index in [-0.39, 0.29) is 33.7 Å². The molecule has 0 saturated carbocycles. The van der Waals surface area contributed by atoms with Crippen molar-refractivity contribution in [1.82, 2.24) is 0 Å². The van der Waals surface area contributed by atoms with Crippen LogP contribution in [0.4, 0.5) is 0 Å². The Morgan fingerprint density at radius 2 is 0.306 bits per heavy atom. The Morgan fingerprint density at radius 3 is 0.444 bits per heavy atom. The molecule has 12 radical (unpaired) electrons. The molecular formula is C64H54B4P4. The summed E-state index contributed by atoms with van der Waals surface area (Å²) < 4.78 is 0. The molecule has 0 spiro atoms. The van der Waals surface area contributed by atoms with Crippen molar-refractivity contribution >= 4 is 108 Å². The first kappa shape index (κ1) is 55.5. The third-order valence-electron chi connectivity index (χ3n) is 12.6. The Kier molecular flexibility index (Phi) is 21.5. The number of benzene rings is 10. The van der Waals surface area contributed by atoms with Crippen LogP contribution in [0.25, 0.3) is 11.1 Å². The maximum atomic E-state index is 2.47. The molecule has 10 rings (SSSR count). The smallest absolute Gasteiger partial charge is 0.00137 e. The molecule has 0 nitrogen and oxygen atoms in total. The fourth-order valence-electron chi connectivity index (χ4n) is 9.35. The zero-order chi connectivity index (χ0) is 45.7. The van der Waals surface area contributed by atoms with Crippen molar-refractivity contribution in [2.24, 2.45) is 0 Å². The third kappa shape index (κ3) is 13.4. The van der Waals surface area contributed by atoms with Crippen molar-refractivity contribution in [2.45, 2.75) is 24.6 Å². The molecule has 0 aliphatic heterocycles. The van der Waals surface area contributed by atoms with E-state index < -0.39 is 31.7 Å².